The predicted molar refractivity (Wildman–Crippen MR) is 84.1 cm³/mol. The summed E-state index contributed by atoms with van der Waals surface area (Å²) in [5, 5.41) is 0. The van der Waals surface area contributed by atoms with E-state index in [-0.39, 0.29) is 11.9 Å². The van der Waals surface area contributed by atoms with Crippen LogP contribution in [0.1, 0.15) is 52.1 Å². The lowest BCUT2D eigenvalue weighted by molar-refractivity contribution is 0.155. The summed E-state index contributed by atoms with van der Waals surface area (Å²) in [7, 11) is 0. The molecule has 0 aliphatic carbocycles. The molecule has 1 aromatic carbocycles. The molecule has 0 saturated heterocycles. The third kappa shape index (κ3) is 4.88. The highest BCUT2D eigenvalue weighted by Gasteiger charge is 2.21. The quantitative estimate of drug-likeness (QED) is 0.780. The van der Waals surface area contributed by atoms with Gasteiger partial charge < -0.3 is 5.73 Å². The lowest BCUT2D eigenvalue weighted by atomic mass is 10.0. The highest BCUT2D eigenvalue weighted by molar-refractivity contribution is 5.21. The molecule has 0 bridgehead atoms. The van der Waals surface area contributed by atoms with E-state index in [1.807, 2.05) is 6.07 Å². The smallest absolute Gasteiger partial charge is 0.128 e. The molecular formula is C17H29FN2. The normalized spacial score (nSPS) is 13.4. The summed E-state index contributed by atoms with van der Waals surface area (Å²) in [5.74, 6) is 0.387. The first kappa shape index (κ1) is 17.1. The fourth-order valence-electron chi connectivity index (χ4n) is 2.77. The third-order valence-corrected chi connectivity index (χ3v) is 3.79. The largest absolute Gasteiger partial charge is 0.323 e. The second kappa shape index (κ2) is 8.38. The Morgan fingerprint density at radius 3 is 2.20 bits per heavy atom. The molecule has 114 valence electrons. The van der Waals surface area contributed by atoms with E-state index in [1.54, 1.807) is 12.1 Å². The summed E-state index contributed by atoms with van der Waals surface area (Å²) < 4.78 is 13.8. The molecule has 2 N–H and O–H groups in total. The summed E-state index contributed by atoms with van der Waals surface area (Å²) in [5.41, 5.74) is 6.86. The zero-order chi connectivity index (χ0) is 15.1. The Morgan fingerprint density at radius 1 is 1.10 bits per heavy atom. The molecule has 0 aromatic heterocycles. The lowest BCUT2D eigenvalue weighted by Crippen LogP contribution is -2.41. The van der Waals surface area contributed by atoms with Gasteiger partial charge >= 0.3 is 0 Å². The fourth-order valence-corrected chi connectivity index (χ4v) is 2.77. The zero-order valence-electron chi connectivity index (χ0n) is 13.3. The van der Waals surface area contributed by atoms with Crippen LogP contribution in [0.15, 0.2) is 24.3 Å². The van der Waals surface area contributed by atoms with Crippen molar-refractivity contribution in [1.82, 2.24) is 4.90 Å². The molecule has 3 heteroatoms. The topological polar surface area (TPSA) is 29.3 Å². The van der Waals surface area contributed by atoms with Crippen LogP contribution in [0.3, 0.4) is 0 Å². The molecule has 1 unspecified atom stereocenters. The van der Waals surface area contributed by atoms with Gasteiger partial charge in [-0.15, -0.1) is 0 Å². The van der Waals surface area contributed by atoms with Gasteiger partial charge in [0.1, 0.15) is 5.82 Å². The van der Waals surface area contributed by atoms with Crippen LogP contribution >= 0.6 is 0 Å². The minimum absolute atomic E-state index is 0.200. The molecule has 20 heavy (non-hydrogen) atoms. The van der Waals surface area contributed by atoms with E-state index in [0.717, 1.165) is 19.4 Å². The maximum absolute atomic E-state index is 13.8. The summed E-state index contributed by atoms with van der Waals surface area (Å²) in [6.45, 7) is 10.6. The van der Waals surface area contributed by atoms with Crippen molar-refractivity contribution in [3.8, 4) is 0 Å². The SMILES string of the molecule is CCC(CC)N(CC(C)C)CC(N)c1ccccc1F. The Balaban J connectivity index is 2.80. The van der Waals surface area contributed by atoms with E-state index in [4.69, 9.17) is 5.73 Å². The van der Waals surface area contributed by atoms with Gasteiger partial charge in [0, 0.05) is 30.7 Å². The molecule has 0 aliphatic heterocycles. The molecule has 2 nitrogen and oxygen atoms in total. The predicted octanol–water partition coefficient (Wildman–Crippen LogP) is 3.97. The van der Waals surface area contributed by atoms with Crippen molar-refractivity contribution in [2.75, 3.05) is 13.1 Å². The number of hydrogen-bond acceptors (Lipinski definition) is 2. The minimum atomic E-state index is -0.268. The Morgan fingerprint density at radius 2 is 1.70 bits per heavy atom. The van der Waals surface area contributed by atoms with Crippen molar-refractivity contribution in [3.63, 3.8) is 0 Å². The Labute approximate surface area is 123 Å². The number of rotatable bonds is 8. The van der Waals surface area contributed by atoms with Crippen LogP contribution in [-0.2, 0) is 0 Å². The van der Waals surface area contributed by atoms with Crippen molar-refractivity contribution < 1.29 is 4.39 Å². The van der Waals surface area contributed by atoms with Crippen LogP contribution in [0.5, 0.6) is 0 Å². The first-order valence-corrected chi connectivity index (χ1v) is 7.73. The molecular weight excluding hydrogens is 251 g/mol. The first-order valence-electron chi connectivity index (χ1n) is 7.73. The standard InChI is InChI=1S/C17H29FN2/c1-5-14(6-2)20(11-13(3)4)12-17(19)15-9-7-8-10-16(15)18/h7-10,13-14,17H,5-6,11-12,19H2,1-4H3. The molecule has 1 aromatic rings. The van der Waals surface area contributed by atoms with Crippen molar-refractivity contribution in [3.05, 3.63) is 35.6 Å². The van der Waals surface area contributed by atoms with E-state index in [9.17, 15) is 4.39 Å². The van der Waals surface area contributed by atoms with Gasteiger partial charge in [-0.25, -0.2) is 4.39 Å². The van der Waals surface area contributed by atoms with E-state index in [1.165, 1.54) is 6.07 Å². The van der Waals surface area contributed by atoms with Crippen molar-refractivity contribution in [1.29, 1.82) is 0 Å². The molecule has 0 spiro atoms. The monoisotopic (exact) mass is 280 g/mol. The number of halogens is 1. The van der Waals surface area contributed by atoms with Crippen LogP contribution in [0.2, 0.25) is 0 Å². The average molecular weight is 280 g/mol. The molecule has 0 fully saturated rings. The molecule has 0 amide bonds. The van der Waals surface area contributed by atoms with Crippen molar-refractivity contribution in [2.24, 2.45) is 11.7 Å². The van der Waals surface area contributed by atoms with E-state index >= 15 is 0 Å². The van der Waals surface area contributed by atoms with Gasteiger partial charge in [0.15, 0.2) is 0 Å². The molecule has 0 saturated carbocycles. The molecule has 0 radical (unpaired) electrons. The zero-order valence-corrected chi connectivity index (χ0v) is 13.3. The van der Waals surface area contributed by atoms with Gasteiger partial charge in [-0.3, -0.25) is 4.90 Å². The average Bonchev–Trinajstić information content (AvgIpc) is 2.39. The second-order valence-corrected chi connectivity index (χ2v) is 5.95. The van der Waals surface area contributed by atoms with Gasteiger partial charge in [-0.1, -0.05) is 45.9 Å². The molecule has 1 rings (SSSR count). The van der Waals surface area contributed by atoms with Gasteiger partial charge in [-0.2, -0.15) is 0 Å². The number of benzene rings is 1. The highest BCUT2D eigenvalue weighted by Crippen LogP contribution is 2.19. The van der Waals surface area contributed by atoms with Crippen molar-refractivity contribution >= 4 is 0 Å². The second-order valence-electron chi connectivity index (χ2n) is 5.95. The summed E-state index contributed by atoms with van der Waals surface area (Å²) in [6, 6.07) is 7.09. The minimum Gasteiger partial charge on any atom is -0.323 e. The van der Waals surface area contributed by atoms with Crippen molar-refractivity contribution in [2.45, 2.75) is 52.6 Å². The lowest BCUT2D eigenvalue weighted by Gasteiger charge is -2.34. The number of nitrogens with two attached hydrogens (primary N) is 1. The Kier molecular flexibility index (Phi) is 7.17. The van der Waals surface area contributed by atoms with Crippen LogP contribution in [0.4, 0.5) is 4.39 Å². The van der Waals surface area contributed by atoms with Crippen LogP contribution in [0.25, 0.3) is 0 Å². The third-order valence-electron chi connectivity index (χ3n) is 3.79. The van der Waals surface area contributed by atoms with Crippen LogP contribution in [0, 0.1) is 11.7 Å². The summed E-state index contributed by atoms with van der Waals surface area (Å²) >= 11 is 0. The van der Waals surface area contributed by atoms with E-state index in [2.05, 4.69) is 32.6 Å². The van der Waals surface area contributed by atoms with E-state index < -0.39 is 0 Å². The Bertz CT molecular complexity index is 388. The summed E-state index contributed by atoms with van der Waals surface area (Å²) in [4.78, 5) is 2.42. The maximum Gasteiger partial charge on any atom is 0.128 e. The molecule has 0 heterocycles. The Hall–Kier alpha value is -0.930. The fraction of sp³-hybridized carbons (Fsp3) is 0.647. The summed E-state index contributed by atoms with van der Waals surface area (Å²) in [6.07, 6.45) is 2.21. The van der Waals surface area contributed by atoms with Gasteiger partial charge in [0.05, 0.1) is 0 Å². The van der Waals surface area contributed by atoms with Crippen LogP contribution < -0.4 is 5.73 Å². The number of nitrogens with zero attached hydrogens (tertiary/aromatic N) is 1. The molecule has 0 aliphatic rings. The molecule has 1 atom stereocenters. The van der Waals surface area contributed by atoms with Gasteiger partial charge in [0.2, 0.25) is 0 Å². The van der Waals surface area contributed by atoms with Crippen LogP contribution in [-0.4, -0.2) is 24.0 Å². The maximum atomic E-state index is 13.8. The highest BCUT2D eigenvalue weighted by atomic mass is 19.1. The van der Waals surface area contributed by atoms with Gasteiger partial charge in [-0.05, 0) is 24.8 Å². The van der Waals surface area contributed by atoms with Gasteiger partial charge in [0.25, 0.3) is 0 Å². The first-order chi connectivity index (χ1) is 9.49. The van der Waals surface area contributed by atoms with E-state index in [0.29, 0.717) is 24.1 Å². The number of hydrogen-bond donors (Lipinski definition) is 1.